The van der Waals surface area contributed by atoms with E-state index >= 15 is 0 Å². The first-order valence-electron chi connectivity index (χ1n) is 13.4. The van der Waals surface area contributed by atoms with Crippen LogP contribution in [0.15, 0.2) is 52.2 Å². The first kappa shape index (κ1) is 27.8. The standard InChI is InChI=1S/C28H33N9O4/c1-18-7-9-20(10-8-18)17-40-23-12-11-21(15-24(23)39-3)19(2)30-32-28(38)25-22(16-36-13-5-4-6-14-36)31-35-37(25)27-26(29)33-41-34-27/h7-12,15H,4-6,13-14,16-17H2,1-3H3,(H2,29,33)(H,32,38)/b30-19-. The highest BCUT2D eigenvalue weighted by Gasteiger charge is 2.26. The molecule has 13 heteroatoms. The number of piperidine rings is 1. The maximum atomic E-state index is 13.4. The zero-order chi connectivity index (χ0) is 28.8. The molecule has 1 aliphatic rings. The summed E-state index contributed by atoms with van der Waals surface area (Å²) in [5, 5.41) is 20.1. The van der Waals surface area contributed by atoms with E-state index in [9.17, 15) is 4.79 Å². The number of hydrogen-bond acceptors (Lipinski definition) is 11. The van der Waals surface area contributed by atoms with Crippen LogP contribution >= 0.6 is 0 Å². The molecule has 0 radical (unpaired) electrons. The van der Waals surface area contributed by atoms with E-state index in [0.29, 0.717) is 36.1 Å². The second kappa shape index (κ2) is 12.6. The van der Waals surface area contributed by atoms with Crippen LogP contribution in [-0.2, 0) is 13.2 Å². The van der Waals surface area contributed by atoms with Crippen LogP contribution in [0.5, 0.6) is 11.5 Å². The van der Waals surface area contributed by atoms with Gasteiger partial charge in [0, 0.05) is 12.1 Å². The first-order valence-corrected chi connectivity index (χ1v) is 13.4. The molecule has 0 unspecified atom stereocenters. The van der Waals surface area contributed by atoms with Crippen molar-refractivity contribution < 1.29 is 18.9 Å². The molecule has 3 heterocycles. The van der Waals surface area contributed by atoms with E-state index in [2.05, 4.69) is 36.1 Å². The number of anilines is 1. The lowest BCUT2D eigenvalue weighted by molar-refractivity contribution is 0.0944. The minimum atomic E-state index is -0.520. The number of nitrogens with zero attached hydrogens (tertiary/aromatic N) is 7. The van der Waals surface area contributed by atoms with Crippen LogP contribution < -0.4 is 20.6 Å². The van der Waals surface area contributed by atoms with Gasteiger partial charge in [-0.1, -0.05) is 41.5 Å². The number of hydrogen-bond donors (Lipinski definition) is 2. The van der Waals surface area contributed by atoms with E-state index < -0.39 is 5.91 Å². The topological polar surface area (TPSA) is 159 Å². The number of nitrogens with two attached hydrogens (primary N) is 1. The second-order valence-electron chi connectivity index (χ2n) is 9.88. The van der Waals surface area contributed by atoms with E-state index in [1.165, 1.54) is 16.7 Å². The van der Waals surface area contributed by atoms with Gasteiger partial charge >= 0.3 is 0 Å². The number of nitrogens with one attached hydrogen (secondary N) is 1. The Morgan fingerprint density at radius 3 is 2.59 bits per heavy atom. The average molecular weight is 560 g/mol. The smallest absolute Gasteiger partial charge is 0.292 e. The number of hydrazone groups is 1. The zero-order valence-electron chi connectivity index (χ0n) is 23.3. The number of nitrogen functional groups attached to an aromatic ring is 1. The summed E-state index contributed by atoms with van der Waals surface area (Å²) in [7, 11) is 1.58. The third kappa shape index (κ3) is 6.52. The minimum Gasteiger partial charge on any atom is -0.493 e. The molecule has 4 aromatic rings. The van der Waals surface area contributed by atoms with Gasteiger partial charge in [-0.2, -0.15) is 9.78 Å². The van der Waals surface area contributed by atoms with Crippen molar-refractivity contribution in [1.82, 2.24) is 35.6 Å². The number of carbonyl (C=O) groups excluding carboxylic acids is 1. The number of carbonyl (C=O) groups is 1. The molecule has 41 heavy (non-hydrogen) atoms. The van der Waals surface area contributed by atoms with Crippen molar-refractivity contribution >= 4 is 17.4 Å². The van der Waals surface area contributed by atoms with Gasteiger partial charge in [-0.05, 0) is 73.9 Å². The van der Waals surface area contributed by atoms with Gasteiger partial charge in [0.15, 0.2) is 17.2 Å². The fourth-order valence-electron chi connectivity index (χ4n) is 4.57. The summed E-state index contributed by atoms with van der Waals surface area (Å²) in [5.41, 5.74) is 12.7. The Labute approximate surface area is 237 Å². The van der Waals surface area contributed by atoms with Crippen LogP contribution in [-0.4, -0.2) is 62.0 Å². The maximum absolute atomic E-state index is 13.4. The zero-order valence-corrected chi connectivity index (χ0v) is 23.3. The number of aromatic nitrogens is 5. The highest BCUT2D eigenvalue weighted by atomic mass is 16.6. The number of benzene rings is 2. The van der Waals surface area contributed by atoms with Crippen molar-refractivity contribution in [2.75, 3.05) is 25.9 Å². The van der Waals surface area contributed by atoms with Crippen LogP contribution in [0, 0.1) is 6.92 Å². The Balaban J connectivity index is 1.33. The summed E-state index contributed by atoms with van der Waals surface area (Å²) in [6, 6.07) is 13.6. The molecule has 13 nitrogen and oxygen atoms in total. The van der Waals surface area contributed by atoms with Gasteiger partial charge in [-0.15, -0.1) is 5.10 Å². The van der Waals surface area contributed by atoms with Crippen LogP contribution in [0.25, 0.3) is 5.82 Å². The van der Waals surface area contributed by atoms with Crippen molar-refractivity contribution in [3.63, 3.8) is 0 Å². The molecule has 2 aromatic carbocycles. The molecule has 0 spiro atoms. The molecule has 1 saturated heterocycles. The van der Waals surface area contributed by atoms with Crippen molar-refractivity contribution in [2.45, 2.75) is 46.3 Å². The predicted octanol–water partition coefficient (Wildman–Crippen LogP) is 3.27. The molecule has 214 valence electrons. The lowest BCUT2D eigenvalue weighted by atomic mass is 10.1. The molecular weight excluding hydrogens is 526 g/mol. The van der Waals surface area contributed by atoms with Gasteiger partial charge in [0.05, 0.1) is 12.8 Å². The van der Waals surface area contributed by atoms with Crippen LogP contribution in [0.4, 0.5) is 5.82 Å². The molecular formula is C28H33N9O4. The molecule has 0 bridgehead atoms. The van der Waals surface area contributed by atoms with Gasteiger partial charge in [0.2, 0.25) is 11.6 Å². The Bertz CT molecular complexity index is 1520. The van der Waals surface area contributed by atoms with Crippen molar-refractivity contribution in [1.29, 1.82) is 0 Å². The second-order valence-corrected chi connectivity index (χ2v) is 9.88. The Morgan fingerprint density at radius 1 is 1.10 bits per heavy atom. The quantitative estimate of drug-likeness (QED) is 0.218. The lowest BCUT2D eigenvalue weighted by Gasteiger charge is -2.25. The van der Waals surface area contributed by atoms with E-state index in [-0.39, 0.29) is 17.3 Å². The maximum Gasteiger partial charge on any atom is 0.292 e. The monoisotopic (exact) mass is 559 g/mol. The molecule has 0 aliphatic carbocycles. The van der Waals surface area contributed by atoms with Gasteiger partial charge in [-0.3, -0.25) is 9.69 Å². The molecule has 0 atom stereocenters. The van der Waals surface area contributed by atoms with Crippen LogP contribution in [0.3, 0.4) is 0 Å². The SMILES string of the molecule is COc1cc(/C(C)=N\NC(=O)c2c(CN3CCCCC3)nnn2-c2nonc2N)ccc1OCc1ccc(C)cc1. The minimum absolute atomic E-state index is 0.00932. The Kier molecular flexibility index (Phi) is 8.53. The number of rotatable bonds is 10. The Morgan fingerprint density at radius 2 is 1.88 bits per heavy atom. The van der Waals surface area contributed by atoms with E-state index in [0.717, 1.165) is 37.1 Å². The largest absolute Gasteiger partial charge is 0.493 e. The molecule has 1 amide bonds. The fourth-order valence-corrected chi connectivity index (χ4v) is 4.57. The highest BCUT2D eigenvalue weighted by Crippen LogP contribution is 2.29. The third-order valence-corrected chi connectivity index (χ3v) is 6.89. The van der Waals surface area contributed by atoms with Crippen molar-refractivity contribution in [2.24, 2.45) is 5.10 Å². The normalized spacial score (nSPS) is 14.2. The number of ether oxygens (including phenoxy) is 2. The molecule has 2 aromatic heterocycles. The van der Waals surface area contributed by atoms with Gasteiger partial charge < -0.3 is 15.2 Å². The summed E-state index contributed by atoms with van der Waals surface area (Å²) in [6.45, 7) is 6.54. The average Bonchev–Trinajstić information content (AvgIpc) is 3.61. The fraction of sp³-hybridized carbons (Fsp3) is 0.357. The van der Waals surface area contributed by atoms with Gasteiger partial charge in [0.25, 0.3) is 5.91 Å². The molecule has 3 N–H and O–H groups in total. The van der Waals surface area contributed by atoms with Gasteiger partial charge in [-0.25, -0.2) is 10.1 Å². The van der Waals surface area contributed by atoms with Crippen LogP contribution in [0.2, 0.25) is 0 Å². The molecule has 0 saturated carbocycles. The van der Waals surface area contributed by atoms with E-state index in [4.69, 9.17) is 19.8 Å². The molecule has 1 fully saturated rings. The van der Waals surface area contributed by atoms with E-state index in [1.807, 2.05) is 49.4 Å². The number of amides is 1. The number of likely N-dealkylation sites (tertiary alicyclic amines) is 1. The Hall–Kier alpha value is -4.78. The van der Waals surface area contributed by atoms with Gasteiger partial charge in [0.1, 0.15) is 12.3 Å². The third-order valence-electron chi connectivity index (χ3n) is 6.89. The van der Waals surface area contributed by atoms with E-state index in [1.54, 1.807) is 14.0 Å². The van der Waals surface area contributed by atoms with Crippen molar-refractivity contribution in [3.05, 3.63) is 70.5 Å². The molecule has 1 aliphatic heterocycles. The molecule has 5 rings (SSSR count). The predicted molar refractivity (Wildman–Crippen MR) is 151 cm³/mol. The summed E-state index contributed by atoms with van der Waals surface area (Å²) in [5.74, 6) is 0.707. The summed E-state index contributed by atoms with van der Waals surface area (Å²) < 4.78 is 17.5. The van der Waals surface area contributed by atoms with Crippen molar-refractivity contribution in [3.8, 4) is 17.3 Å². The summed E-state index contributed by atoms with van der Waals surface area (Å²) in [6.07, 6.45) is 3.38. The first-order chi connectivity index (χ1) is 19.9. The number of methoxy groups -OCH3 is 1. The summed E-state index contributed by atoms with van der Waals surface area (Å²) >= 11 is 0. The lowest BCUT2D eigenvalue weighted by Crippen LogP contribution is -2.31. The number of aryl methyl sites for hydroxylation is 1. The summed E-state index contributed by atoms with van der Waals surface area (Å²) in [4.78, 5) is 15.7. The van der Waals surface area contributed by atoms with Crippen LogP contribution in [0.1, 0.15) is 59.1 Å². The highest BCUT2D eigenvalue weighted by molar-refractivity contribution is 6.01.